The lowest BCUT2D eigenvalue weighted by Gasteiger charge is -2.06. The molecular formula is C11H14O4S. The van der Waals surface area contributed by atoms with Crippen molar-refractivity contribution in [2.75, 3.05) is 19.5 Å². The lowest BCUT2D eigenvalue weighted by atomic mass is 10.2. The standard InChI is InChI=1S/C11H14O4S/c1-15-10-4-2-8(3-5-10)11(14)16-7-9(13)6-12/h2-5,9,12-13H,6-7H2,1H3/t9-/m0/s1. The number of thioether (sulfide) groups is 1. The fraction of sp³-hybridized carbons (Fsp3) is 0.364. The summed E-state index contributed by atoms with van der Waals surface area (Å²) in [6.45, 7) is -0.330. The van der Waals surface area contributed by atoms with E-state index in [1.807, 2.05) is 0 Å². The zero-order valence-corrected chi connectivity index (χ0v) is 9.74. The summed E-state index contributed by atoms with van der Waals surface area (Å²) in [5.41, 5.74) is 0.552. The molecule has 0 unspecified atom stereocenters. The highest BCUT2D eigenvalue weighted by molar-refractivity contribution is 8.14. The van der Waals surface area contributed by atoms with Gasteiger partial charge in [-0.05, 0) is 24.3 Å². The van der Waals surface area contributed by atoms with E-state index in [-0.39, 0.29) is 17.5 Å². The third kappa shape index (κ3) is 3.84. The van der Waals surface area contributed by atoms with E-state index in [1.54, 1.807) is 31.4 Å². The van der Waals surface area contributed by atoms with E-state index in [0.29, 0.717) is 11.3 Å². The maximum atomic E-state index is 11.6. The first-order chi connectivity index (χ1) is 7.67. The van der Waals surface area contributed by atoms with Crippen LogP contribution in [-0.2, 0) is 0 Å². The van der Waals surface area contributed by atoms with Gasteiger partial charge in [0.1, 0.15) is 5.75 Å². The van der Waals surface area contributed by atoms with E-state index in [1.165, 1.54) is 0 Å². The van der Waals surface area contributed by atoms with Gasteiger partial charge in [0.15, 0.2) is 0 Å². The molecule has 2 N–H and O–H groups in total. The number of benzene rings is 1. The Kier molecular flexibility index (Phi) is 5.31. The topological polar surface area (TPSA) is 66.8 Å². The van der Waals surface area contributed by atoms with Crippen LogP contribution in [0.5, 0.6) is 5.75 Å². The van der Waals surface area contributed by atoms with Gasteiger partial charge in [-0.15, -0.1) is 0 Å². The van der Waals surface area contributed by atoms with Crippen LogP contribution < -0.4 is 4.74 Å². The Balaban J connectivity index is 2.52. The Morgan fingerprint density at radius 3 is 2.56 bits per heavy atom. The minimum absolute atomic E-state index is 0.129. The monoisotopic (exact) mass is 242 g/mol. The predicted octanol–water partition coefficient (Wildman–Crippen LogP) is 0.922. The summed E-state index contributed by atoms with van der Waals surface area (Å²) in [6.07, 6.45) is -0.854. The van der Waals surface area contributed by atoms with Gasteiger partial charge in [-0.3, -0.25) is 4.79 Å². The normalized spacial score (nSPS) is 12.2. The Hall–Kier alpha value is -1.04. The zero-order valence-electron chi connectivity index (χ0n) is 8.92. The van der Waals surface area contributed by atoms with E-state index >= 15 is 0 Å². The summed E-state index contributed by atoms with van der Waals surface area (Å²) in [5, 5.41) is 17.6. The number of rotatable bonds is 5. The molecule has 5 heteroatoms. The van der Waals surface area contributed by atoms with Crippen molar-refractivity contribution in [2.45, 2.75) is 6.10 Å². The molecule has 1 aromatic rings. The van der Waals surface area contributed by atoms with Crippen molar-refractivity contribution in [3.05, 3.63) is 29.8 Å². The lowest BCUT2D eigenvalue weighted by Crippen LogP contribution is -2.16. The van der Waals surface area contributed by atoms with Crippen LogP contribution in [0.25, 0.3) is 0 Å². The summed E-state index contributed by atoms with van der Waals surface area (Å²) in [5.74, 6) is 0.887. The van der Waals surface area contributed by atoms with Gasteiger partial charge in [-0.2, -0.15) is 0 Å². The van der Waals surface area contributed by atoms with Crippen LogP contribution in [-0.4, -0.2) is 40.9 Å². The number of aliphatic hydroxyl groups excluding tert-OH is 2. The molecule has 0 aliphatic heterocycles. The molecule has 0 heterocycles. The van der Waals surface area contributed by atoms with Crippen molar-refractivity contribution < 1.29 is 19.7 Å². The van der Waals surface area contributed by atoms with Crippen molar-refractivity contribution in [2.24, 2.45) is 0 Å². The predicted molar refractivity (Wildman–Crippen MR) is 62.9 cm³/mol. The molecular weight excluding hydrogens is 228 g/mol. The maximum Gasteiger partial charge on any atom is 0.219 e. The second kappa shape index (κ2) is 6.52. The largest absolute Gasteiger partial charge is 0.497 e. The molecule has 0 saturated heterocycles. The number of aliphatic hydroxyl groups is 2. The Labute approximate surface area is 98.2 Å². The maximum absolute atomic E-state index is 11.6. The molecule has 0 saturated carbocycles. The fourth-order valence-corrected chi connectivity index (χ4v) is 1.79. The first kappa shape index (κ1) is 13.0. The van der Waals surface area contributed by atoms with Crippen molar-refractivity contribution in [3.8, 4) is 5.75 Å². The summed E-state index contributed by atoms with van der Waals surface area (Å²) in [6, 6.07) is 6.74. The van der Waals surface area contributed by atoms with Gasteiger partial charge < -0.3 is 14.9 Å². The van der Waals surface area contributed by atoms with Gasteiger partial charge in [-0.25, -0.2) is 0 Å². The quantitative estimate of drug-likeness (QED) is 0.803. The summed E-state index contributed by atoms with van der Waals surface area (Å²) >= 11 is 0.986. The van der Waals surface area contributed by atoms with Crippen LogP contribution in [0.1, 0.15) is 10.4 Å². The number of carbonyl (C=O) groups is 1. The SMILES string of the molecule is COc1ccc(C(=O)SC[C@@H](O)CO)cc1. The molecule has 0 fully saturated rings. The third-order valence-corrected chi connectivity index (χ3v) is 2.99. The molecule has 0 amide bonds. The Morgan fingerprint density at radius 2 is 2.06 bits per heavy atom. The molecule has 0 aliphatic rings. The molecule has 0 spiro atoms. The van der Waals surface area contributed by atoms with E-state index in [2.05, 4.69) is 0 Å². The molecule has 4 nitrogen and oxygen atoms in total. The van der Waals surface area contributed by atoms with E-state index in [9.17, 15) is 4.79 Å². The molecule has 0 radical (unpaired) electrons. The van der Waals surface area contributed by atoms with E-state index < -0.39 is 6.10 Å². The molecule has 0 bridgehead atoms. The second-order valence-corrected chi connectivity index (χ2v) is 4.16. The first-order valence-corrected chi connectivity index (χ1v) is 5.76. The Morgan fingerprint density at radius 1 is 1.44 bits per heavy atom. The van der Waals surface area contributed by atoms with Crippen LogP contribution in [0.4, 0.5) is 0 Å². The molecule has 0 aliphatic carbocycles. The molecule has 0 aromatic heterocycles. The number of hydrogen-bond donors (Lipinski definition) is 2. The van der Waals surface area contributed by atoms with Crippen LogP contribution in [0, 0.1) is 0 Å². The number of carbonyl (C=O) groups excluding carboxylic acids is 1. The fourth-order valence-electron chi connectivity index (χ4n) is 1.04. The van der Waals surface area contributed by atoms with Crippen LogP contribution in [0.3, 0.4) is 0 Å². The average molecular weight is 242 g/mol. The second-order valence-electron chi connectivity index (χ2n) is 3.16. The van der Waals surface area contributed by atoms with Crippen molar-refractivity contribution in [1.29, 1.82) is 0 Å². The van der Waals surface area contributed by atoms with Crippen molar-refractivity contribution in [1.82, 2.24) is 0 Å². The van der Waals surface area contributed by atoms with Crippen molar-refractivity contribution in [3.63, 3.8) is 0 Å². The average Bonchev–Trinajstić information content (AvgIpc) is 2.35. The lowest BCUT2D eigenvalue weighted by molar-refractivity contribution is 0.106. The molecule has 1 atom stereocenters. The van der Waals surface area contributed by atoms with E-state index in [4.69, 9.17) is 14.9 Å². The minimum atomic E-state index is -0.854. The smallest absolute Gasteiger partial charge is 0.219 e. The number of ether oxygens (including phenoxy) is 1. The molecule has 88 valence electrons. The first-order valence-electron chi connectivity index (χ1n) is 4.77. The number of methoxy groups -OCH3 is 1. The molecule has 1 aromatic carbocycles. The Bertz CT molecular complexity index is 336. The van der Waals surface area contributed by atoms with E-state index in [0.717, 1.165) is 11.8 Å². The molecule has 16 heavy (non-hydrogen) atoms. The highest BCUT2D eigenvalue weighted by Crippen LogP contribution is 2.17. The summed E-state index contributed by atoms with van der Waals surface area (Å²) in [7, 11) is 1.56. The van der Waals surface area contributed by atoms with Gasteiger partial charge >= 0.3 is 0 Å². The van der Waals surface area contributed by atoms with Crippen molar-refractivity contribution >= 4 is 16.9 Å². The van der Waals surface area contributed by atoms with Crippen LogP contribution in [0.2, 0.25) is 0 Å². The van der Waals surface area contributed by atoms with Gasteiger partial charge in [0.05, 0.1) is 19.8 Å². The highest BCUT2D eigenvalue weighted by atomic mass is 32.2. The number of hydrogen-bond acceptors (Lipinski definition) is 5. The van der Waals surface area contributed by atoms with Gasteiger partial charge in [-0.1, -0.05) is 11.8 Å². The minimum Gasteiger partial charge on any atom is -0.497 e. The van der Waals surface area contributed by atoms with Gasteiger partial charge in [0.25, 0.3) is 0 Å². The van der Waals surface area contributed by atoms with Gasteiger partial charge in [0, 0.05) is 11.3 Å². The summed E-state index contributed by atoms with van der Waals surface area (Å²) in [4.78, 5) is 11.6. The summed E-state index contributed by atoms with van der Waals surface area (Å²) < 4.78 is 4.97. The zero-order chi connectivity index (χ0) is 12.0. The highest BCUT2D eigenvalue weighted by Gasteiger charge is 2.10. The van der Waals surface area contributed by atoms with Gasteiger partial charge in [0.2, 0.25) is 5.12 Å². The third-order valence-electron chi connectivity index (χ3n) is 1.94. The van der Waals surface area contributed by atoms with Crippen LogP contribution in [0.15, 0.2) is 24.3 Å². The van der Waals surface area contributed by atoms with Crippen LogP contribution >= 0.6 is 11.8 Å². The molecule has 1 rings (SSSR count).